The summed E-state index contributed by atoms with van der Waals surface area (Å²) >= 11 is 0. The van der Waals surface area contributed by atoms with Crippen molar-refractivity contribution in [2.24, 2.45) is 0 Å². The van der Waals surface area contributed by atoms with E-state index >= 15 is 0 Å². The summed E-state index contributed by atoms with van der Waals surface area (Å²) in [6.07, 6.45) is 2.94. The Labute approximate surface area is 195 Å². The van der Waals surface area contributed by atoms with E-state index in [-0.39, 0.29) is 12.0 Å². The monoisotopic (exact) mass is 473 g/mol. The van der Waals surface area contributed by atoms with E-state index in [1.165, 1.54) is 6.92 Å². The van der Waals surface area contributed by atoms with E-state index in [0.29, 0.717) is 30.1 Å². The average molecular weight is 474 g/mol. The van der Waals surface area contributed by atoms with Crippen molar-refractivity contribution in [2.75, 3.05) is 29.0 Å². The molecule has 0 bridgehead atoms. The second-order valence-corrected chi connectivity index (χ2v) is 10.2. The van der Waals surface area contributed by atoms with Gasteiger partial charge in [0, 0.05) is 13.2 Å². The maximum atomic E-state index is 13.1. The van der Waals surface area contributed by atoms with Gasteiger partial charge >= 0.3 is 0 Å². The Bertz CT molecular complexity index is 1130. The van der Waals surface area contributed by atoms with Gasteiger partial charge in [-0.1, -0.05) is 18.2 Å². The average Bonchev–Trinajstić information content (AvgIpc) is 3.27. The van der Waals surface area contributed by atoms with Crippen LogP contribution < -0.4 is 14.9 Å². The Morgan fingerprint density at radius 3 is 2.52 bits per heavy atom. The van der Waals surface area contributed by atoms with Crippen molar-refractivity contribution in [1.82, 2.24) is 5.32 Å². The molecule has 0 radical (unpaired) electrons. The summed E-state index contributed by atoms with van der Waals surface area (Å²) in [7, 11) is -3.75. The normalized spacial score (nSPS) is 16.8. The van der Waals surface area contributed by atoms with Gasteiger partial charge < -0.3 is 15.4 Å². The fraction of sp³-hybridized carbons (Fsp3) is 0.417. The minimum absolute atomic E-state index is 0.00277. The second-order valence-electron chi connectivity index (χ2n) is 8.38. The maximum absolute atomic E-state index is 13.1. The van der Waals surface area contributed by atoms with Crippen LogP contribution in [-0.4, -0.2) is 51.8 Å². The van der Waals surface area contributed by atoms with Crippen molar-refractivity contribution in [3.63, 3.8) is 0 Å². The van der Waals surface area contributed by atoms with Crippen molar-refractivity contribution < 1.29 is 22.7 Å². The number of rotatable bonds is 8. The Morgan fingerprint density at radius 2 is 1.88 bits per heavy atom. The van der Waals surface area contributed by atoms with E-state index in [0.717, 1.165) is 34.5 Å². The molecule has 2 N–H and O–H groups in total. The number of aryl methyl sites for hydroxylation is 2. The number of hydrogen-bond donors (Lipinski definition) is 2. The number of carbonyl (C=O) groups is 2. The van der Waals surface area contributed by atoms with Gasteiger partial charge in [-0.15, -0.1) is 0 Å². The van der Waals surface area contributed by atoms with Crippen molar-refractivity contribution in [2.45, 2.75) is 45.8 Å². The van der Waals surface area contributed by atoms with Gasteiger partial charge in [0.1, 0.15) is 6.04 Å². The highest BCUT2D eigenvalue weighted by molar-refractivity contribution is 7.92. The number of hydrogen-bond acceptors (Lipinski definition) is 5. The minimum Gasteiger partial charge on any atom is -0.376 e. The number of benzene rings is 2. The molecule has 2 atom stereocenters. The largest absolute Gasteiger partial charge is 0.376 e. The van der Waals surface area contributed by atoms with Crippen LogP contribution in [0.25, 0.3) is 0 Å². The van der Waals surface area contributed by atoms with E-state index < -0.39 is 22.0 Å². The van der Waals surface area contributed by atoms with Crippen LogP contribution >= 0.6 is 0 Å². The highest BCUT2D eigenvalue weighted by atomic mass is 32.2. The first-order valence-corrected chi connectivity index (χ1v) is 12.8. The molecule has 1 fully saturated rings. The van der Waals surface area contributed by atoms with Crippen LogP contribution in [0.5, 0.6) is 0 Å². The molecular formula is C24H31N3O5S. The molecule has 33 heavy (non-hydrogen) atoms. The van der Waals surface area contributed by atoms with Crippen LogP contribution in [0.4, 0.5) is 11.4 Å². The number of sulfonamides is 1. The van der Waals surface area contributed by atoms with E-state index in [9.17, 15) is 18.0 Å². The molecule has 0 aromatic heterocycles. The summed E-state index contributed by atoms with van der Waals surface area (Å²) in [6.45, 7) is 6.43. The molecule has 178 valence electrons. The van der Waals surface area contributed by atoms with Crippen LogP contribution in [0.1, 0.15) is 41.3 Å². The number of anilines is 2. The molecule has 0 aliphatic carbocycles. The summed E-state index contributed by atoms with van der Waals surface area (Å²) < 4.78 is 31.8. The first kappa shape index (κ1) is 24.7. The molecule has 2 aromatic rings. The van der Waals surface area contributed by atoms with Gasteiger partial charge in [0.25, 0.3) is 5.91 Å². The third-order valence-electron chi connectivity index (χ3n) is 5.78. The smallest absolute Gasteiger partial charge is 0.253 e. The lowest BCUT2D eigenvalue weighted by Gasteiger charge is -2.29. The Kier molecular flexibility index (Phi) is 7.76. The van der Waals surface area contributed by atoms with Crippen LogP contribution in [0.3, 0.4) is 0 Å². The Balaban J connectivity index is 1.79. The molecule has 8 nitrogen and oxygen atoms in total. The molecule has 9 heteroatoms. The van der Waals surface area contributed by atoms with E-state index in [4.69, 9.17) is 4.74 Å². The van der Waals surface area contributed by atoms with Crippen LogP contribution in [0, 0.1) is 13.8 Å². The van der Waals surface area contributed by atoms with Crippen molar-refractivity contribution >= 4 is 33.2 Å². The van der Waals surface area contributed by atoms with Crippen molar-refractivity contribution in [3.8, 4) is 0 Å². The lowest BCUT2D eigenvalue weighted by molar-refractivity contribution is -0.116. The summed E-state index contributed by atoms with van der Waals surface area (Å²) in [4.78, 5) is 25.8. The summed E-state index contributed by atoms with van der Waals surface area (Å²) in [6, 6.07) is 10.8. The third kappa shape index (κ3) is 6.11. The standard InChI is InChI=1S/C24H31N3O5S/c1-16-11-12-19(14-17(16)2)27(33(4,30)31)18(3)23(28)26-22-10-6-5-9-21(22)24(29)25-15-20-8-7-13-32-20/h5-6,9-12,14,18,20H,7-8,13,15H2,1-4H3,(H,25,29)(H,26,28)/t18-,20-/m1/s1. The molecule has 1 aliphatic heterocycles. The lowest BCUT2D eigenvalue weighted by Crippen LogP contribution is -2.45. The molecule has 0 saturated carbocycles. The molecule has 2 aromatic carbocycles. The van der Waals surface area contributed by atoms with E-state index in [1.807, 2.05) is 19.9 Å². The predicted octanol–water partition coefficient (Wildman–Crippen LogP) is 3.01. The molecule has 0 spiro atoms. The van der Waals surface area contributed by atoms with Crippen LogP contribution in [-0.2, 0) is 19.6 Å². The highest BCUT2D eigenvalue weighted by Gasteiger charge is 2.30. The zero-order valence-corrected chi connectivity index (χ0v) is 20.2. The highest BCUT2D eigenvalue weighted by Crippen LogP contribution is 2.25. The summed E-state index contributed by atoms with van der Waals surface area (Å²) in [5.74, 6) is -0.874. The molecule has 0 unspecified atom stereocenters. The number of nitrogens with zero attached hydrogens (tertiary/aromatic N) is 1. The fourth-order valence-electron chi connectivity index (χ4n) is 3.81. The zero-order valence-electron chi connectivity index (χ0n) is 19.4. The lowest BCUT2D eigenvalue weighted by atomic mass is 10.1. The van der Waals surface area contributed by atoms with Gasteiger partial charge in [-0.05, 0) is 69.0 Å². The zero-order chi connectivity index (χ0) is 24.2. The van der Waals surface area contributed by atoms with E-state index in [1.54, 1.807) is 36.4 Å². The first-order chi connectivity index (χ1) is 15.6. The first-order valence-electron chi connectivity index (χ1n) is 10.9. The maximum Gasteiger partial charge on any atom is 0.253 e. The van der Waals surface area contributed by atoms with Gasteiger partial charge in [-0.2, -0.15) is 0 Å². The summed E-state index contributed by atoms with van der Waals surface area (Å²) in [5.41, 5.74) is 2.96. The predicted molar refractivity (Wildman–Crippen MR) is 129 cm³/mol. The number of ether oxygens (including phenoxy) is 1. The molecule has 1 aliphatic rings. The van der Waals surface area contributed by atoms with Gasteiger partial charge in [0.05, 0.1) is 29.3 Å². The van der Waals surface area contributed by atoms with Crippen LogP contribution in [0.15, 0.2) is 42.5 Å². The fourth-order valence-corrected chi connectivity index (χ4v) is 4.97. The third-order valence-corrected chi connectivity index (χ3v) is 7.02. The SMILES string of the molecule is Cc1ccc(N([C@H](C)C(=O)Nc2ccccc2C(=O)NC[C@H]2CCCO2)S(C)(=O)=O)cc1C. The van der Waals surface area contributed by atoms with Gasteiger partial charge in [-0.3, -0.25) is 13.9 Å². The van der Waals surface area contributed by atoms with Crippen molar-refractivity contribution in [1.29, 1.82) is 0 Å². The summed E-state index contributed by atoms with van der Waals surface area (Å²) in [5, 5.41) is 5.58. The Hall–Kier alpha value is -2.91. The molecule has 1 heterocycles. The molecule has 1 saturated heterocycles. The minimum atomic E-state index is -3.75. The quantitative estimate of drug-likeness (QED) is 0.613. The molecule has 3 rings (SSSR count). The molecular weight excluding hydrogens is 442 g/mol. The Morgan fingerprint density at radius 1 is 1.15 bits per heavy atom. The number of para-hydroxylation sites is 1. The van der Waals surface area contributed by atoms with Gasteiger partial charge in [0.15, 0.2) is 0 Å². The number of amides is 2. The van der Waals surface area contributed by atoms with Crippen LogP contribution in [0.2, 0.25) is 0 Å². The number of nitrogens with one attached hydrogen (secondary N) is 2. The second kappa shape index (κ2) is 10.4. The number of carbonyl (C=O) groups excluding carboxylic acids is 2. The topological polar surface area (TPSA) is 105 Å². The van der Waals surface area contributed by atoms with Gasteiger partial charge in [0.2, 0.25) is 15.9 Å². The van der Waals surface area contributed by atoms with Gasteiger partial charge in [-0.25, -0.2) is 8.42 Å². The molecule has 2 amide bonds. The van der Waals surface area contributed by atoms with Crippen molar-refractivity contribution in [3.05, 3.63) is 59.2 Å². The van der Waals surface area contributed by atoms with E-state index in [2.05, 4.69) is 10.6 Å².